The van der Waals surface area contributed by atoms with Gasteiger partial charge in [-0.2, -0.15) is 0 Å². The van der Waals surface area contributed by atoms with E-state index < -0.39 is 12.1 Å². The first-order chi connectivity index (χ1) is 17.9. The van der Waals surface area contributed by atoms with Crippen LogP contribution in [0, 0.1) is 0 Å². The highest BCUT2D eigenvalue weighted by Crippen LogP contribution is 2.27. The summed E-state index contributed by atoms with van der Waals surface area (Å²) in [5.74, 6) is 1.42. The third-order valence-electron chi connectivity index (χ3n) is 5.45. The van der Waals surface area contributed by atoms with E-state index in [-0.39, 0.29) is 19.4 Å². The number of rotatable bonds is 13. The van der Waals surface area contributed by atoms with Crippen LogP contribution in [0.15, 0.2) is 77.7 Å². The first-order valence-corrected chi connectivity index (χ1v) is 13.0. The van der Waals surface area contributed by atoms with Crippen molar-refractivity contribution in [3.8, 4) is 17.2 Å². The van der Waals surface area contributed by atoms with Crippen molar-refractivity contribution in [1.29, 1.82) is 0 Å². The second-order valence-corrected chi connectivity index (χ2v) is 9.01. The molecule has 0 spiro atoms. The molecule has 0 fully saturated rings. The monoisotopic (exact) mass is 523 g/mol. The molecule has 0 radical (unpaired) electrons. The highest BCUT2D eigenvalue weighted by molar-refractivity contribution is 7.98. The van der Waals surface area contributed by atoms with Gasteiger partial charge in [0.25, 0.3) is 0 Å². The normalized spacial score (nSPS) is 12.9. The lowest BCUT2D eigenvalue weighted by atomic mass is 10.0. The minimum Gasteiger partial charge on any atom is -0.493 e. The van der Waals surface area contributed by atoms with Crippen molar-refractivity contribution in [2.45, 2.75) is 24.2 Å². The molecule has 2 atom stereocenters. The summed E-state index contributed by atoms with van der Waals surface area (Å²) in [6.07, 6.45) is 2.72. The first-order valence-electron chi connectivity index (χ1n) is 11.8. The molecule has 3 rings (SSSR count). The molecule has 8 heteroatoms. The maximum absolute atomic E-state index is 12.4. The van der Waals surface area contributed by atoms with Gasteiger partial charge in [-0.1, -0.05) is 36.4 Å². The molecule has 0 saturated carbocycles. The highest BCUT2D eigenvalue weighted by atomic mass is 32.2. The number of hydrogen-bond donors (Lipinski definition) is 2. The number of methoxy groups -OCH3 is 2. The molecular weight excluding hydrogens is 490 g/mol. The van der Waals surface area contributed by atoms with Crippen molar-refractivity contribution in [3.05, 3.63) is 83.9 Å². The number of hydrogen-bond acceptors (Lipinski definition) is 8. The molecule has 0 aliphatic carbocycles. The standard InChI is InChI=1S/C29H33NO6S/c1-20(36-28-8-6-5-7-27(28)33-2)30-18-23(31)19-35-24-13-11-22(12-14-24)26(29(32)34-3)17-21-9-15-25(37-4)16-10-21/h5-17,20,23,30-31H,18-19H2,1-4H3. The summed E-state index contributed by atoms with van der Waals surface area (Å²) < 4.78 is 21.8. The molecule has 0 saturated heterocycles. The van der Waals surface area contributed by atoms with Crippen LogP contribution in [0.2, 0.25) is 0 Å². The number of esters is 1. The molecule has 2 N–H and O–H groups in total. The topological polar surface area (TPSA) is 86.3 Å². The smallest absolute Gasteiger partial charge is 0.338 e. The van der Waals surface area contributed by atoms with E-state index in [2.05, 4.69) is 5.32 Å². The summed E-state index contributed by atoms with van der Waals surface area (Å²) in [5, 5.41) is 13.5. The maximum atomic E-state index is 12.4. The number of thioether (sulfide) groups is 1. The van der Waals surface area contributed by atoms with Gasteiger partial charge in [0.15, 0.2) is 11.5 Å². The predicted octanol–water partition coefficient (Wildman–Crippen LogP) is 4.89. The molecule has 0 amide bonds. The Morgan fingerprint density at radius 2 is 1.68 bits per heavy atom. The average molecular weight is 524 g/mol. The molecule has 196 valence electrons. The lowest BCUT2D eigenvalue weighted by molar-refractivity contribution is -0.133. The number of aliphatic hydroxyl groups is 1. The summed E-state index contributed by atoms with van der Waals surface area (Å²) in [5.41, 5.74) is 2.05. The van der Waals surface area contributed by atoms with E-state index in [1.165, 1.54) is 7.11 Å². The van der Waals surface area contributed by atoms with E-state index in [1.807, 2.05) is 61.7 Å². The summed E-state index contributed by atoms with van der Waals surface area (Å²) in [4.78, 5) is 13.6. The van der Waals surface area contributed by atoms with Gasteiger partial charge in [0.2, 0.25) is 0 Å². The van der Waals surface area contributed by atoms with E-state index in [0.717, 1.165) is 10.5 Å². The predicted molar refractivity (Wildman–Crippen MR) is 147 cm³/mol. The number of benzene rings is 3. The Morgan fingerprint density at radius 1 is 1.00 bits per heavy atom. The summed E-state index contributed by atoms with van der Waals surface area (Å²) in [6, 6.07) is 22.4. The van der Waals surface area contributed by atoms with Crippen molar-refractivity contribution >= 4 is 29.4 Å². The van der Waals surface area contributed by atoms with Gasteiger partial charge in [-0.25, -0.2) is 4.79 Å². The molecule has 37 heavy (non-hydrogen) atoms. The molecular formula is C29H33NO6S. The van der Waals surface area contributed by atoms with Crippen LogP contribution >= 0.6 is 11.8 Å². The molecule has 3 aromatic rings. The zero-order chi connectivity index (χ0) is 26.6. The number of carbonyl (C=O) groups excluding carboxylic acids is 1. The third kappa shape index (κ3) is 8.56. The van der Waals surface area contributed by atoms with Gasteiger partial charge < -0.3 is 24.1 Å². The third-order valence-corrected chi connectivity index (χ3v) is 6.20. The Labute approximate surface area is 222 Å². The number of para-hydroxylation sites is 2. The van der Waals surface area contributed by atoms with Gasteiger partial charge >= 0.3 is 5.97 Å². The van der Waals surface area contributed by atoms with Crippen molar-refractivity contribution in [3.63, 3.8) is 0 Å². The molecule has 3 aromatic carbocycles. The zero-order valence-electron chi connectivity index (χ0n) is 21.5. The summed E-state index contributed by atoms with van der Waals surface area (Å²) >= 11 is 1.66. The fourth-order valence-corrected chi connectivity index (χ4v) is 3.88. The number of carbonyl (C=O) groups is 1. The SMILES string of the molecule is COC(=O)C(=Cc1ccc(SC)cc1)c1ccc(OCC(O)CNC(C)Oc2ccccc2OC)cc1. The first kappa shape index (κ1) is 28.1. The Kier molecular flexibility index (Phi) is 10.9. The van der Waals surface area contributed by atoms with Gasteiger partial charge in [-0.05, 0) is 66.8 Å². The van der Waals surface area contributed by atoms with Crippen molar-refractivity contribution < 1.29 is 28.8 Å². The lowest BCUT2D eigenvalue weighted by Crippen LogP contribution is -2.39. The van der Waals surface area contributed by atoms with Crippen LogP contribution < -0.4 is 19.5 Å². The van der Waals surface area contributed by atoms with Crippen LogP contribution in [0.5, 0.6) is 17.2 Å². The Bertz CT molecular complexity index is 1160. The van der Waals surface area contributed by atoms with Gasteiger partial charge in [0.1, 0.15) is 24.7 Å². The van der Waals surface area contributed by atoms with Crippen LogP contribution in [0.4, 0.5) is 0 Å². The quantitative estimate of drug-likeness (QED) is 0.108. The molecule has 0 heterocycles. The number of ether oxygens (including phenoxy) is 4. The summed E-state index contributed by atoms with van der Waals surface area (Å²) in [6.45, 7) is 2.22. The van der Waals surface area contributed by atoms with Gasteiger partial charge in [0.05, 0.1) is 19.8 Å². The fourth-order valence-electron chi connectivity index (χ4n) is 3.47. The largest absolute Gasteiger partial charge is 0.493 e. The Hall–Kier alpha value is -3.46. The van der Waals surface area contributed by atoms with E-state index in [0.29, 0.717) is 28.4 Å². The minimum absolute atomic E-state index is 0.0925. The molecule has 0 bridgehead atoms. The molecule has 2 unspecified atom stereocenters. The van der Waals surface area contributed by atoms with Crippen molar-refractivity contribution in [1.82, 2.24) is 5.32 Å². The second kappa shape index (κ2) is 14.3. The maximum Gasteiger partial charge on any atom is 0.338 e. The van der Waals surface area contributed by atoms with E-state index in [1.54, 1.807) is 49.2 Å². The van der Waals surface area contributed by atoms with E-state index >= 15 is 0 Å². The van der Waals surface area contributed by atoms with Crippen LogP contribution in [0.1, 0.15) is 18.1 Å². The van der Waals surface area contributed by atoms with Crippen LogP contribution in [-0.4, -0.2) is 57.0 Å². The average Bonchev–Trinajstić information content (AvgIpc) is 2.94. The number of aliphatic hydroxyl groups excluding tert-OH is 1. The summed E-state index contributed by atoms with van der Waals surface area (Å²) in [7, 11) is 2.95. The van der Waals surface area contributed by atoms with Crippen LogP contribution in [0.3, 0.4) is 0 Å². The Balaban J connectivity index is 1.54. The number of nitrogens with one attached hydrogen (secondary N) is 1. The van der Waals surface area contributed by atoms with Crippen molar-refractivity contribution in [2.24, 2.45) is 0 Å². The zero-order valence-corrected chi connectivity index (χ0v) is 22.3. The lowest BCUT2D eigenvalue weighted by Gasteiger charge is -2.20. The molecule has 0 aromatic heterocycles. The van der Waals surface area contributed by atoms with Crippen LogP contribution in [0.25, 0.3) is 11.6 Å². The van der Waals surface area contributed by atoms with Gasteiger partial charge in [-0.3, -0.25) is 5.32 Å². The van der Waals surface area contributed by atoms with Crippen LogP contribution in [-0.2, 0) is 9.53 Å². The minimum atomic E-state index is -0.752. The molecule has 7 nitrogen and oxygen atoms in total. The van der Waals surface area contributed by atoms with Gasteiger partial charge in [0, 0.05) is 11.4 Å². The van der Waals surface area contributed by atoms with Gasteiger partial charge in [-0.15, -0.1) is 11.8 Å². The Morgan fingerprint density at radius 3 is 2.30 bits per heavy atom. The highest BCUT2D eigenvalue weighted by Gasteiger charge is 2.14. The molecule has 0 aliphatic rings. The fraction of sp³-hybridized carbons (Fsp3) is 0.276. The van der Waals surface area contributed by atoms with Crippen molar-refractivity contribution in [2.75, 3.05) is 33.6 Å². The van der Waals surface area contributed by atoms with E-state index in [4.69, 9.17) is 18.9 Å². The molecule has 0 aliphatic heterocycles. The second-order valence-electron chi connectivity index (χ2n) is 8.13. The van der Waals surface area contributed by atoms with E-state index in [9.17, 15) is 9.90 Å².